The van der Waals surface area contributed by atoms with Gasteiger partial charge in [0, 0.05) is 20.1 Å². The minimum atomic E-state index is -0.308. The van der Waals surface area contributed by atoms with E-state index >= 15 is 0 Å². The topological polar surface area (TPSA) is 90.7 Å². The summed E-state index contributed by atoms with van der Waals surface area (Å²) in [5.41, 5.74) is 6.47. The highest BCUT2D eigenvalue weighted by molar-refractivity contribution is 5.77. The summed E-state index contributed by atoms with van der Waals surface area (Å²) in [5, 5.41) is 2.93. The Kier molecular flexibility index (Phi) is 8.17. The van der Waals surface area contributed by atoms with Crippen LogP contribution in [0.2, 0.25) is 0 Å². The lowest BCUT2D eigenvalue weighted by atomic mass is 10.0. The lowest BCUT2D eigenvalue weighted by molar-refractivity contribution is -0.141. The number of benzene rings is 1. The van der Waals surface area contributed by atoms with Crippen LogP contribution in [0.25, 0.3) is 0 Å². The predicted octanol–water partition coefficient (Wildman–Crippen LogP) is 1.16. The van der Waals surface area contributed by atoms with Crippen LogP contribution in [-0.4, -0.2) is 38.7 Å². The lowest BCUT2D eigenvalue weighted by Gasteiger charge is -2.20. The molecule has 122 valence electrons. The van der Waals surface area contributed by atoms with E-state index in [1.165, 1.54) is 14.2 Å². The second-order valence-corrected chi connectivity index (χ2v) is 4.94. The van der Waals surface area contributed by atoms with Crippen LogP contribution in [0.15, 0.2) is 30.3 Å². The van der Waals surface area contributed by atoms with Crippen molar-refractivity contribution in [3.05, 3.63) is 35.9 Å². The van der Waals surface area contributed by atoms with Crippen molar-refractivity contribution in [2.24, 2.45) is 5.73 Å². The Hall–Kier alpha value is -1.92. The van der Waals surface area contributed by atoms with Crippen molar-refractivity contribution in [2.45, 2.75) is 31.4 Å². The molecule has 0 saturated heterocycles. The van der Waals surface area contributed by atoms with E-state index in [4.69, 9.17) is 10.5 Å². The van der Waals surface area contributed by atoms with Gasteiger partial charge in [0.05, 0.1) is 25.7 Å². The van der Waals surface area contributed by atoms with Gasteiger partial charge in [-0.05, 0) is 12.0 Å². The summed E-state index contributed by atoms with van der Waals surface area (Å²) in [5.74, 6) is -0.456. The van der Waals surface area contributed by atoms with Crippen LogP contribution in [0.5, 0.6) is 0 Å². The van der Waals surface area contributed by atoms with E-state index in [1.807, 2.05) is 30.3 Å². The second-order valence-electron chi connectivity index (χ2n) is 4.94. The maximum absolute atomic E-state index is 12.1. The normalized spacial score (nSPS) is 13.2. The summed E-state index contributed by atoms with van der Waals surface area (Å²) in [6.45, 7) is 0.280. The Morgan fingerprint density at radius 1 is 1.23 bits per heavy atom. The van der Waals surface area contributed by atoms with Gasteiger partial charge in [-0.15, -0.1) is 0 Å². The number of carbonyl (C=O) groups excluding carboxylic acids is 2. The van der Waals surface area contributed by atoms with Gasteiger partial charge in [-0.25, -0.2) is 0 Å². The third-order valence-electron chi connectivity index (χ3n) is 3.41. The standard InChI is InChI=1S/C16H24N2O4/c1-21-13(11-17)10-15(19)18-14(8-9-16(20)22-2)12-6-4-3-5-7-12/h3-7,13-14H,8-11,17H2,1-2H3,(H,18,19). The molecule has 0 radical (unpaired) electrons. The van der Waals surface area contributed by atoms with Crippen molar-refractivity contribution >= 4 is 11.9 Å². The van der Waals surface area contributed by atoms with Crippen molar-refractivity contribution in [2.75, 3.05) is 20.8 Å². The van der Waals surface area contributed by atoms with Gasteiger partial charge in [0.15, 0.2) is 0 Å². The largest absolute Gasteiger partial charge is 0.469 e. The lowest BCUT2D eigenvalue weighted by Crippen LogP contribution is -2.34. The summed E-state index contributed by atoms with van der Waals surface area (Å²) >= 11 is 0. The molecule has 1 aromatic rings. The SMILES string of the molecule is COC(=O)CCC(NC(=O)CC(CN)OC)c1ccccc1. The van der Waals surface area contributed by atoms with Gasteiger partial charge in [0.2, 0.25) is 5.91 Å². The van der Waals surface area contributed by atoms with E-state index in [1.54, 1.807) is 0 Å². The first-order valence-electron chi connectivity index (χ1n) is 7.24. The second kappa shape index (κ2) is 9.92. The Balaban J connectivity index is 2.69. The molecule has 0 fully saturated rings. The van der Waals surface area contributed by atoms with Crippen LogP contribution in [0, 0.1) is 0 Å². The number of nitrogens with two attached hydrogens (primary N) is 1. The Morgan fingerprint density at radius 3 is 2.45 bits per heavy atom. The van der Waals surface area contributed by atoms with Gasteiger partial charge in [-0.2, -0.15) is 0 Å². The fraction of sp³-hybridized carbons (Fsp3) is 0.500. The summed E-state index contributed by atoms with van der Waals surface area (Å²) in [6, 6.07) is 9.27. The molecule has 3 N–H and O–H groups in total. The molecule has 1 aromatic carbocycles. The highest BCUT2D eigenvalue weighted by atomic mass is 16.5. The molecule has 6 heteroatoms. The quantitative estimate of drug-likeness (QED) is 0.668. The first kappa shape index (κ1) is 18.1. The number of amides is 1. The Morgan fingerprint density at radius 2 is 1.91 bits per heavy atom. The van der Waals surface area contributed by atoms with E-state index in [-0.39, 0.29) is 43.4 Å². The zero-order valence-corrected chi connectivity index (χ0v) is 13.1. The number of methoxy groups -OCH3 is 2. The van der Waals surface area contributed by atoms with Crippen LogP contribution in [0.3, 0.4) is 0 Å². The minimum absolute atomic E-state index is 0.156. The van der Waals surface area contributed by atoms with Crippen molar-refractivity contribution < 1.29 is 19.1 Å². The van der Waals surface area contributed by atoms with Crippen molar-refractivity contribution in [3.8, 4) is 0 Å². The molecule has 0 aliphatic rings. The van der Waals surface area contributed by atoms with E-state index in [2.05, 4.69) is 10.1 Å². The summed E-state index contributed by atoms with van der Waals surface area (Å²) in [4.78, 5) is 23.4. The number of hydrogen-bond acceptors (Lipinski definition) is 5. The van der Waals surface area contributed by atoms with Crippen molar-refractivity contribution in [3.63, 3.8) is 0 Å². The molecule has 0 spiro atoms. The van der Waals surface area contributed by atoms with Gasteiger partial charge in [0.1, 0.15) is 0 Å². The molecule has 0 heterocycles. The first-order chi connectivity index (χ1) is 10.6. The molecule has 0 saturated carbocycles. The molecule has 0 aliphatic heterocycles. The fourth-order valence-electron chi connectivity index (χ4n) is 2.09. The van der Waals surface area contributed by atoms with Crippen LogP contribution in [0.4, 0.5) is 0 Å². The fourth-order valence-corrected chi connectivity index (χ4v) is 2.09. The number of hydrogen-bond donors (Lipinski definition) is 2. The minimum Gasteiger partial charge on any atom is -0.469 e. The summed E-state index contributed by atoms with van der Waals surface area (Å²) < 4.78 is 9.77. The maximum Gasteiger partial charge on any atom is 0.305 e. The maximum atomic E-state index is 12.1. The molecule has 0 aliphatic carbocycles. The molecule has 22 heavy (non-hydrogen) atoms. The molecule has 1 rings (SSSR count). The predicted molar refractivity (Wildman–Crippen MR) is 83.0 cm³/mol. The zero-order valence-electron chi connectivity index (χ0n) is 13.1. The number of rotatable bonds is 9. The third-order valence-corrected chi connectivity index (χ3v) is 3.41. The average molecular weight is 308 g/mol. The Bertz CT molecular complexity index is 460. The summed E-state index contributed by atoms with van der Waals surface area (Å²) in [6.07, 6.45) is 0.593. The molecule has 2 atom stereocenters. The molecular weight excluding hydrogens is 284 g/mol. The number of ether oxygens (including phenoxy) is 2. The van der Waals surface area contributed by atoms with Gasteiger partial charge in [0.25, 0.3) is 0 Å². The third kappa shape index (κ3) is 6.24. The van der Waals surface area contributed by atoms with E-state index in [0.717, 1.165) is 5.56 Å². The van der Waals surface area contributed by atoms with Crippen LogP contribution < -0.4 is 11.1 Å². The number of esters is 1. The van der Waals surface area contributed by atoms with Crippen molar-refractivity contribution in [1.82, 2.24) is 5.32 Å². The van der Waals surface area contributed by atoms with E-state index in [9.17, 15) is 9.59 Å². The molecule has 2 unspecified atom stereocenters. The molecule has 1 amide bonds. The van der Waals surface area contributed by atoms with Gasteiger partial charge in [-0.3, -0.25) is 9.59 Å². The monoisotopic (exact) mass is 308 g/mol. The average Bonchev–Trinajstić information content (AvgIpc) is 2.56. The summed E-state index contributed by atoms with van der Waals surface area (Å²) in [7, 11) is 2.87. The van der Waals surface area contributed by atoms with Gasteiger partial charge < -0.3 is 20.5 Å². The van der Waals surface area contributed by atoms with Crippen LogP contribution in [-0.2, 0) is 19.1 Å². The molecule has 6 nitrogen and oxygen atoms in total. The van der Waals surface area contributed by atoms with Crippen molar-refractivity contribution in [1.29, 1.82) is 0 Å². The van der Waals surface area contributed by atoms with Crippen LogP contribution in [0.1, 0.15) is 30.9 Å². The van der Waals surface area contributed by atoms with Crippen LogP contribution >= 0.6 is 0 Å². The number of nitrogens with one attached hydrogen (secondary N) is 1. The van der Waals surface area contributed by atoms with Gasteiger partial charge in [-0.1, -0.05) is 30.3 Å². The zero-order chi connectivity index (χ0) is 16.4. The highest BCUT2D eigenvalue weighted by Gasteiger charge is 2.18. The van der Waals surface area contributed by atoms with E-state index < -0.39 is 0 Å². The highest BCUT2D eigenvalue weighted by Crippen LogP contribution is 2.19. The number of carbonyl (C=O) groups is 2. The Labute approximate surface area is 131 Å². The van der Waals surface area contributed by atoms with Gasteiger partial charge >= 0.3 is 5.97 Å². The first-order valence-corrected chi connectivity index (χ1v) is 7.24. The van der Waals surface area contributed by atoms with E-state index in [0.29, 0.717) is 6.42 Å². The molecule has 0 aromatic heterocycles. The molecule has 0 bridgehead atoms. The smallest absolute Gasteiger partial charge is 0.305 e. The molecular formula is C16H24N2O4.